The number of hydrogen-bond donors (Lipinski definition) is 1. The standard InChI is InChI=1S/C21H32N4O2/c26-21(23-14-17-7-11-25(16-17)18-4-1-2-5-18)24-12-8-19(9-13-24)27-20-6-3-10-22-15-20/h3,6,10,15,17-19H,1-2,4-5,7-9,11-14,16H2,(H,23,26)/t17-/m0/s1. The summed E-state index contributed by atoms with van der Waals surface area (Å²) in [7, 11) is 0. The van der Waals surface area contributed by atoms with Crippen molar-refractivity contribution in [1.82, 2.24) is 20.1 Å². The number of carbonyl (C=O) groups is 1. The summed E-state index contributed by atoms with van der Waals surface area (Å²) < 4.78 is 5.96. The van der Waals surface area contributed by atoms with Gasteiger partial charge in [0.1, 0.15) is 11.9 Å². The number of nitrogens with zero attached hydrogens (tertiary/aromatic N) is 3. The zero-order valence-electron chi connectivity index (χ0n) is 16.2. The summed E-state index contributed by atoms with van der Waals surface area (Å²) in [6.07, 6.45) is 12.2. The van der Waals surface area contributed by atoms with Crippen LogP contribution in [0.25, 0.3) is 0 Å². The molecule has 1 aromatic heterocycles. The van der Waals surface area contributed by atoms with Crippen molar-refractivity contribution < 1.29 is 9.53 Å². The predicted molar refractivity (Wildman–Crippen MR) is 105 cm³/mol. The van der Waals surface area contributed by atoms with Gasteiger partial charge in [-0.25, -0.2) is 4.79 Å². The van der Waals surface area contributed by atoms with Crippen LogP contribution in [0.4, 0.5) is 4.79 Å². The summed E-state index contributed by atoms with van der Waals surface area (Å²) in [5.74, 6) is 1.43. The molecule has 3 heterocycles. The van der Waals surface area contributed by atoms with Gasteiger partial charge in [-0.15, -0.1) is 0 Å². The number of amides is 2. The van der Waals surface area contributed by atoms with E-state index in [-0.39, 0.29) is 12.1 Å². The molecule has 0 aromatic carbocycles. The molecule has 1 aromatic rings. The number of hydrogen-bond acceptors (Lipinski definition) is 4. The van der Waals surface area contributed by atoms with Crippen molar-refractivity contribution >= 4 is 6.03 Å². The van der Waals surface area contributed by atoms with Crippen LogP contribution in [0.2, 0.25) is 0 Å². The molecule has 1 atom stereocenters. The monoisotopic (exact) mass is 372 g/mol. The molecule has 2 amide bonds. The number of aromatic nitrogens is 1. The van der Waals surface area contributed by atoms with Crippen LogP contribution in [0.1, 0.15) is 44.9 Å². The Bertz CT molecular complexity index is 597. The second-order valence-corrected chi connectivity index (χ2v) is 8.27. The van der Waals surface area contributed by atoms with Crippen LogP contribution >= 0.6 is 0 Å². The van der Waals surface area contributed by atoms with Crippen molar-refractivity contribution in [3.63, 3.8) is 0 Å². The fraction of sp³-hybridized carbons (Fsp3) is 0.714. The summed E-state index contributed by atoms with van der Waals surface area (Å²) in [5, 5.41) is 3.18. The number of likely N-dealkylation sites (tertiary alicyclic amines) is 2. The maximum atomic E-state index is 12.5. The van der Waals surface area contributed by atoms with Crippen LogP contribution in [0, 0.1) is 5.92 Å². The van der Waals surface area contributed by atoms with E-state index in [0.717, 1.165) is 50.8 Å². The van der Waals surface area contributed by atoms with Gasteiger partial charge in [-0.05, 0) is 43.9 Å². The first-order valence-electron chi connectivity index (χ1n) is 10.6. The highest BCUT2D eigenvalue weighted by molar-refractivity contribution is 5.74. The first-order valence-corrected chi connectivity index (χ1v) is 10.6. The molecule has 0 unspecified atom stereocenters. The molecular formula is C21H32N4O2. The van der Waals surface area contributed by atoms with Gasteiger partial charge in [0.2, 0.25) is 0 Å². The number of piperidine rings is 1. The van der Waals surface area contributed by atoms with Gasteiger partial charge in [-0.1, -0.05) is 12.8 Å². The van der Waals surface area contributed by atoms with E-state index in [1.807, 2.05) is 17.0 Å². The SMILES string of the molecule is O=C(NC[C@@H]1CCN(C2CCCC2)C1)N1CCC(Oc2cccnc2)CC1. The second kappa shape index (κ2) is 8.91. The second-order valence-electron chi connectivity index (χ2n) is 8.27. The number of nitrogens with one attached hydrogen (secondary N) is 1. The molecule has 3 fully saturated rings. The Morgan fingerprint density at radius 2 is 1.96 bits per heavy atom. The molecule has 2 saturated heterocycles. The average Bonchev–Trinajstić information content (AvgIpc) is 3.39. The van der Waals surface area contributed by atoms with E-state index in [4.69, 9.17) is 4.74 Å². The number of rotatable bonds is 5. The maximum Gasteiger partial charge on any atom is 0.317 e. The van der Waals surface area contributed by atoms with Crippen molar-refractivity contribution in [2.24, 2.45) is 5.92 Å². The van der Waals surface area contributed by atoms with Gasteiger partial charge in [0.05, 0.1) is 6.20 Å². The van der Waals surface area contributed by atoms with E-state index in [2.05, 4.69) is 15.2 Å². The summed E-state index contributed by atoms with van der Waals surface area (Å²) in [4.78, 5) is 21.2. The lowest BCUT2D eigenvalue weighted by atomic mass is 10.1. The van der Waals surface area contributed by atoms with Crippen molar-refractivity contribution in [2.45, 2.75) is 57.1 Å². The van der Waals surface area contributed by atoms with Crippen molar-refractivity contribution in [2.75, 3.05) is 32.7 Å². The van der Waals surface area contributed by atoms with Gasteiger partial charge in [-0.2, -0.15) is 0 Å². The van der Waals surface area contributed by atoms with Crippen LogP contribution < -0.4 is 10.1 Å². The first kappa shape index (κ1) is 18.5. The van der Waals surface area contributed by atoms with E-state index in [1.54, 1.807) is 12.4 Å². The van der Waals surface area contributed by atoms with Gasteiger partial charge in [-0.3, -0.25) is 4.98 Å². The van der Waals surface area contributed by atoms with Crippen molar-refractivity contribution in [3.8, 4) is 5.75 Å². The highest BCUT2D eigenvalue weighted by Crippen LogP contribution is 2.28. The van der Waals surface area contributed by atoms with E-state index in [0.29, 0.717) is 5.92 Å². The highest BCUT2D eigenvalue weighted by Gasteiger charge is 2.30. The van der Waals surface area contributed by atoms with Gasteiger partial charge >= 0.3 is 6.03 Å². The van der Waals surface area contributed by atoms with Crippen LogP contribution in [0.15, 0.2) is 24.5 Å². The molecule has 148 valence electrons. The van der Waals surface area contributed by atoms with Crippen molar-refractivity contribution in [3.05, 3.63) is 24.5 Å². The number of pyridine rings is 1. The summed E-state index contributed by atoms with van der Waals surface area (Å²) >= 11 is 0. The Balaban J connectivity index is 1.15. The number of carbonyl (C=O) groups excluding carboxylic acids is 1. The molecule has 0 bridgehead atoms. The Hall–Kier alpha value is -1.82. The molecule has 27 heavy (non-hydrogen) atoms. The maximum absolute atomic E-state index is 12.5. The third-order valence-corrected chi connectivity index (χ3v) is 6.37. The minimum absolute atomic E-state index is 0.0918. The fourth-order valence-electron chi connectivity index (χ4n) is 4.76. The smallest absolute Gasteiger partial charge is 0.317 e. The largest absolute Gasteiger partial charge is 0.489 e. The van der Waals surface area contributed by atoms with E-state index >= 15 is 0 Å². The molecule has 1 saturated carbocycles. The van der Waals surface area contributed by atoms with Gasteiger partial charge in [0, 0.05) is 51.3 Å². The van der Waals surface area contributed by atoms with Crippen LogP contribution in [-0.4, -0.2) is 65.7 Å². The van der Waals surface area contributed by atoms with E-state index in [9.17, 15) is 4.79 Å². The number of ether oxygens (including phenoxy) is 1. The summed E-state index contributed by atoms with van der Waals surface area (Å²) in [5.41, 5.74) is 0. The Kier molecular flexibility index (Phi) is 6.12. The van der Waals surface area contributed by atoms with E-state index < -0.39 is 0 Å². The quantitative estimate of drug-likeness (QED) is 0.863. The Morgan fingerprint density at radius 3 is 2.70 bits per heavy atom. The lowest BCUT2D eigenvalue weighted by Gasteiger charge is -2.32. The Labute approximate surface area is 162 Å². The third kappa shape index (κ3) is 4.92. The summed E-state index contributed by atoms with van der Waals surface area (Å²) in [6.45, 7) is 4.70. The molecule has 6 nitrogen and oxygen atoms in total. The summed E-state index contributed by atoms with van der Waals surface area (Å²) in [6, 6.07) is 4.72. The van der Waals surface area contributed by atoms with Crippen LogP contribution in [0.3, 0.4) is 0 Å². The number of urea groups is 1. The lowest BCUT2D eigenvalue weighted by molar-refractivity contribution is 0.110. The molecule has 6 heteroatoms. The molecular weight excluding hydrogens is 340 g/mol. The van der Waals surface area contributed by atoms with Crippen LogP contribution in [-0.2, 0) is 0 Å². The first-order chi connectivity index (χ1) is 13.3. The fourth-order valence-corrected chi connectivity index (χ4v) is 4.76. The van der Waals surface area contributed by atoms with Gasteiger partial charge < -0.3 is 19.9 Å². The zero-order chi connectivity index (χ0) is 18.5. The molecule has 1 aliphatic carbocycles. The molecule has 3 aliphatic rings. The minimum Gasteiger partial charge on any atom is -0.489 e. The third-order valence-electron chi connectivity index (χ3n) is 6.37. The zero-order valence-corrected chi connectivity index (χ0v) is 16.2. The average molecular weight is 373 g/mol. The van der Waals surface area contributed by atoms with Gasteiger partial charge in [0.25, 0.3) is 0 Å². The highest BCUT2D eigenvalue weighted by atomic mass is 16.5. The minimum atomic E-state index is 0.0918. The Morgan fingerprint density at radius 1 is 1.15 bits per heavy atom. The lowest BCUT2D eigenvalue weighted by Crippen LogP contribution is -2.47. The molecule has 1 N–H and O–H groups in total. The molecule has 4 rings (SSSR count). The topological polar surface area (TPSA) is 57.7 Å². The normalized spacial score (nSPS) is 25.0. The predicted octanol–water partition coefficient (Wildman–Crippen LogP) is 2.90. The molecule has 0 spiro atoms. The van der Waals surface area contributed by atoms with Crippen molar-refractivity contribution in [1.29, 1.82) is 0 Å². The molecule has 2 aliphatic heterocycles. The van der Waals surface area contributed by atoms with Crippen LogP contribution in [0.5, 0.6) is 5.75 Å². The van der Waals surface area contributed by atoms with Gasteiger partial charge in [0.15, 0.2) is 0 Å². The molecule has 0 radical (unpaired) electrons. The van der Waals surface area contributed by atoms with E-state index in [1.165, 1.54) is 38.6 Å².